The summed E-state index contributed by atoms with van der Waals surface area (Å²) in [4.78, 5) is 3.98. The van der Waals surface area contributed by atoms with E-state index in [0.29, 0.717) is 0 Å². The molecule has 0 saturated heterocycles. The highest BCUT2D eigenvalue weighted by Gasteiger charge is 2.13. The van der Waals surface area contributed by atoms with Crippen LogP contribution in [0.1, 0.15) is 0 Å². The molecule has 0 amide bonds. The molecule has 4 nitrogen and oxygen atoms in total. The third kappa shape index (κ3) is 1.08. The van der Waals surface area contributed by atoms with Gasteiger partial charge in [0.2, 0.25) is 0 Å². The Kier molecular flexibility index (Phi) is 1.53. The second-order valence-electron chi connectivity index (χ2n) is 3.30. The molecule has 70 valence electrons. The monoisotopic (exact) mass is 186 g/mol. The highest BCUT2D eigenvalue weighted by atomic mass is 15.4. The van der Waals surface area contributed by atoms with Gasteiger partial charge in [0.1, 0.15) is 5.82 Å². The Morgan fingerprint density at radius 2 is 2.14 bits per heavy atom. The summed E-state index contributed by atoms with van der Waals surface area (Å²) in [5.41, 5.74) is 2.12. The zero-order valence-electron chi connectivity index (χ0n) is 7.64. The summed E-state index contributed by atoms with van der Waals surface area (Å²) in [5, 5.41) is 7.76. The fourth-order valence-corrected chi connectivity index (χ4v) is 1.68. The Morgan fingerprint density at radius 3 is 2.93 bits per heavy atom. The van der Waals surface area contributed by atoms with Crippen molar-refractivity contribution in [1.82, 2.24) is 14.8 Å². The van der Waals surface area contributed by atoms with Gasteiger partial charge in [0.15, 0.2) is 0 Å². The van der Waals surface area contributed by atoms with Gasteiger partial charge in [-0.15, -0.1) is 0 Å². The molecule has 0 radical (unpaired) electrons. The fraction of sp³-hybridized carbons (Fsp3) is 0.200. The Hall–Kier alpha value is -1.84. The molecular formula is C10H10N4. The van der Waals surface area contributed by atoms with Gasteiger partial charge in [0, 0.05) is 30.6 Å². The van der Waals surface area contributed by atoms with Crippen LogP contribution in [0, 0.1) is 0 Å². The third-order valence-electron chi connectivity index (χ3n) is 2.39. The lowest BCUT2D eigenvalue weighted by Crippen LogP contribution is -1.96. The van der Waals surface area contributed by atoms with E-state index < -0.39 is 0 Å². The number of nitrogens with zero attached hydrogens (tertiary/aromatic N) is 3. The molecule has 1 aliphatic rings. The predicted molar refractivity (Wildman–Crippen MR) is 53.9 cm³/mol. The van der Waals surface area contributed by atoms with Crippen molar-refractivity contribution in [2.75, 3.05) is 11.9 Å². The lowest BCUT2D eigenvalue weighted by molar-refractivity contribution is 0.699. The second kappa shape index (κ2) is 2.83. The molecule has 0 saturated carbocycles. The molecule has 0 bridgehead atoms. The highest BCUT2D eigenvalue weighted by Crippen LogP contribution is 2.23. The molecule has 3 rings (SSSR count). The highest BCUT2D eigenvalue weighted by molar-refractivity contribution is 5.63. The SMILES string of the molecule is c1cc(-c2cc3n(n2)CCN3)ccn1. The van der Waals surface area contributed by atoms with Gasteiger partial charge in [0.05, 0.1) is 12.2 Å². The minimum absolute atomic E-state index is 0.959. The summed E-state index contributed by atoms with van der Waals surface area (Å²) < 4.78 is 2.00. The van der Waals surface area contributed by atoms with E-state index in [1.807, 2.05) is 16.8 Å². The lowest BCUT2D eigenvalue weighted by atomic mass is 10.2. The van der Waals surface area contributed by atoms with Crippen LogP contribution in [0.4, 0.5) is 5.82 Å². The normalized spacial score (nSPS) is 13.7. The van der Waals surface area contributed by atoms with Crippen LogP contribution in [0.15, 0.2) is 30.6 Å². The van der Waals surface area contributed by atoms with E-state index in [9.17, 15) is 0 Å². The molecular weight excluding hydrogens is 176 g/mol. The first-order chi connectivity index (χ1) is 6.93. The van der Waals surface area contributed by atoms with Gasteiger partial charge in [-0.2, -0.15) is 5.10 Å². The van der Waals surface area contributed by atoms with Crippen molar-refractivity contribution in [3.63, 3.8) is 0 Å². The molecule has 0 spiro atoms. The van der Waals surface area contributed by atoms with E-state index >= 15 is 0 Å². The Balaban J connectivity index is 2.06. The summed E-state index contributed by atoms with van der Waals surface area (Å²) in [6.45, 7) is 1.94. The van der Waals surface area contributed by atoms with Crippen molar-refractivity contribution in [2.24, 2.45) is 0 Å². The smallest absolute Gasteiger partial charge is 0.125 e. The minimum atomic E-state index is 0.959. The molecule has 1 aliphatic heterocycles. The predicted octanol–water partition coefficient (Wildman–Crippen LogP) is 1.37. The topological polar surface area (TPSA) is 42.7 Å². The van der Waals surface area contributed by atoms with Crippen molar-refractivity contribution in [1.29, 1.82) is 0 Å². The fourth-order valence-electron chi connectivity index (χ4n) is 1.68. The summed E-state index contributed by atoms with van der Waals surface area (Å²) in [5.74, 6) is 1.11. The number of anilines is 1. The molecule has 3 heterocycles. The minimum Gasteiger partial charge on any atom is -0.368 e. The van der Waals surface area contributed by atoms with Crippen LogP contribution in [-0.2, 0) is 6.54 Å². The second-order valence-corrected chi connectivity index (χ2v) is 3.30. The van der Waals surface area contributed by atoms with E-state index in [0.717, 1.165) is 30.2 Å². The number of hydrogen-bond donors (Lipinski definition) is 1. The number of hydrogen-bond acceptors (Lipinski definition) is 3. The quantitative estimate of drug-likeness (QED) is 0.731. The van der Waals surface area contributed by atoms with Gasteiger partial charge >= 0.3 is 0 Å². The average molecular weight is 186 g/mol. The molecule has 0 fully saturated rings. The Morgan fingerprint density at radius 1 is 1.29 bits per heavy atom. The van der Waals surface area contributed by atoms with E-state index in [1.165, 1.54) is 0 Å². The zero-order chi connectivity index (χ0) is 9.38. The molecule has 0 atom stereocenters. The van der Waals surface area contributed by atoms with Crippen LogP contribution in [0.2, 0.25) is 0 Å². The third-order valence-corrected chi connectivity index (χ3v) is 2.39. The maximum Gasteiger partial charge on any atom is 0.125 e. The zero-order valence-corrected chi connectivity index (χ0v) is 7.64. The van der Waals surface area contributed by atoms with Gasteiger partial charge in [0.25, 0.3) is 0 Å². The van der Waals surface area contributed by atoms with Crippen LogP contribution in [0.25, 0.3) is 11.3 Å². The summed E-state index contributed by atoms with van der Waals surface area (Å²) in [6.07, 6.45) is 3.57. The molecule has 4 heteroatoms. The summed E-state index contributed by atoms with van der Waals surface area (Å²) in [7, 11) is 0. The van der Waals surface area contributed by atoms with E-state index in [2.05, 4.69) is 21.5 Å². The molecule has 0 aromatic carbocycles. The van der Waals surface area contributed by atoms with Crippen LogP contribution < -0.4 is 5.32 Å². The van der Waals surface area contributed by atoms with Gasteiger partial charge < -0.3 is 5.32 Å². The number of rotatable bonds is 1. The van der Waals surface area contributed by atoms with Crippen molar-refractivity contribution in [3.05, 3.63) is 30.6 Å². The number of fused-ring (bicyclic) bond motifs is 1. The van der Waals surface area contributed by atoms with Crippen LogP contribution >= 0.6 is 0 Å². The molecule has 2 aromatic rings. The average Bonchev–Trinajstić information content (AvgIpc) is 2.78. The van der Waals surface area contributed by atoms with E-state index in [-0.39, 0.29) is 0 Å². The van der Waals surface area contributed by atoms with Crippen LogP contribution in [-0.4, -0.2) is 21.3 Å². The summed E-state index contributed by atoms with van der Waals surface area (Å²) >= 11 is 0. The first-order valence-corrected chi connectivity index (χ1v) is 4.65. The first-order valence-electron chi connectivity index (χ1n) is 4.65. The molecule has 0 unspecified atom stereocenters. The largest absolute Gasteiger partial charge is 0.368 e. The van der Waals surface area contributed by atoms with Crippen LogP contribution in [0.3, 0.4) is 0 Å². The number of pyridine rings is 1. The molecule has 1 N–H and O–H groups in total. The van der Waals surface area contributed by atoms with E-state index in [1.54, 1.807) is 12.4 Å². The Bertz CT molecular complexity index is 425. The first kappa shape index (κ1) is 7.55. The molecule has 2 aromatic heterocycles. The van der Waals surface area contributed by atoms with Crippen molar-refractivity contribution < 1.29 is 0 Å². The van der Waals surface area contributed by atoms with Gasteiger partial charge in [-0.3, -0.25) is 4.98 Å². The maximum atomic E-state index is 4.49. The van der Waals surface area contributed by atoms with Gasteiger partial charge in [-0.1, -0.05) is 0 Å². The Labute approximate surface area is 81.6 Å². The number of aromatic nitrogens is 3. The molecule has 0 aliphatic carbocycles. The summed E-state index contributed by atoms with van der Waals surface area (Å²) in [6, 6.07) is 6.01. The van der Waals surface area contributed by atoms with Crippen LogP contribution in [0.5, 0.6) is 0 Å². The standard InChI is InChI=1S/C10H10N4/c1-3-11-4-2-8(1)9-7-10-12-5-6-14(10)13-9/h1-4,7,12H,5-6H2. The van der Waals surface area contributed by atoms with Gasteiger partial charge in [-0.05, 0) is 12.1 Å². The van der Waals surface area contributed by atoms with E-state index in [4.69, 9.17) is 0 Å². The lowest BCUT2D eigenvalue weighted by Gasteiger charge is -1.94. The molecule has 14 heavy (non-hydrogen) atoms. The van der Waals surface area contributed by atoms with Gasteiger partial charge in [-0.25, -0.2) is 4.68 Å². The number of nitrogens with one attached hydrogen (secondary N) is 1. The maximum absolute atomic E-state index is 4.49. The van der Waals surface area contributed by atoms with Crippen molar-refractivity contribution in [2.45, 2.75) is 6.54 Å². The van der Waals surface area contributed by atoms with Crippen molar-refractivity contribution >= 4 is 5.82 Å². The van der Waals surface area contributed by atoms with Crippen molar-refractivity contribution in [3.8, 4) is 11.3 Å².